The summed E-state index contributed by atoms with van der Waals surface area (Å²) in [6, 6.07) is 14.6. The van der Waals surface area contributed by atoms with E-state index in [-0.39, 0.29) is 22.8 Å². The molecule has 4 nitrogen and oxygen atoms in total. The Balaban J connectivity index is 1.59. The molecule has 0 N–H and O–H groups in total. The monoisotopic (exact) mass is 433 g/mol. The van der Waals surface area contributed by atoms with Crippen molar-refractivity contribution in [1.29, 1.82) is 0 Å². The van der Waals surface area contributed by atoms with Crippen LogP contribution in [0.3, 0.4) is 0 Å². The quantitative estimate of drug-likeness (QED) is 0.573. The van der Waals surface area contributed by atoms with Gasteiger partial charge in [-0.05, 0) is 79.7 Å². The van der Waals surface area contributed by atoms with Gasteiger partial charge in [-0.2, -0.15) is 0 Å². The lowest BCUT2D eigenvalue weighted by atomic mass is 9.68. The number of likely N-dealkylation sites (tertiary alicyclic amines) is 1. The molecule has 4 heteroatoms. The Kier molecular flexibility index (Phi) is 5.93. The zero-order chi connectivity index (χ0) is 23.1. The Hall–Kier alpha value is -2.59. The highest BCUT2D eigenvalue weighted by molar-refractivity contribution is 5.90. The van der Waals surface area contributed by atoms with Gasteiger partial charge in [-0.25, -0.2) is 4.79 Å². The van der Waals surface area contributed by atoms with Crippen molar-refractivity contribution in [2.24, 2.45) is 0 Å². The van der Waals surface area contributed by atoms with Crippen LogP contribution in [-0.4, -0.2) is 37.6 Å². The molecule has 1 saturated heterocycles. The maximum Gasteiger partial charge on any atom is 0.343 e. The fourth-order valence-electron chi connectivity index (χ4n) is 5.27. The van der Waals surface area contributed by atoms with E-state index in [0.717, 1.165) is 48.4 Å². The van der Waals surface area contributed by atoms with Crippen molar-refractivity contribution in [3.8, 4) is 5.75 Å². The van der Waals surface area contributed by atoms with Crippen LogP contribution in [0, 0.1) is 6.92 Å². The Bertz CT molecular complexity index is 1050. The van der Waals surface area contributed by atoms with Crippen LogP contribution >= 0.6 is 0 Å². The fourth-order valence-corrected chi connectivity index (χ4v) is 5.27. The summed E-state index contributed by atoms with van der Waals surface area (Å²) in [5.74, 6) is 1.44. The average Bonchev–Trinajstić information content (AvgIpc) is 3.10. The predicted molar refractivity (Wildman–Crippen MR) is 128 cm³/mol. The number of aryl methyl sites for hydroxylation is 1. The van der Waals surface area contributed by atoms with Gasteiger partial charge < -0.3 is 9.47 Å². The summed E-state index contributed by atoms with van der Waals surface area (Å²) in [5.41, 5.74) is 4.30. The molecule has 0 bridgehead atoms. The lowest BCUT2D eigenvalue weighted by Crippen LogP contribution is -2.42. The summed E-state index contributed by atoms with van der Waals surface area (Å²) >= 11 is 0. The second-order valence-electron chi connectivity index (χ2n) is 10.4. The van der Waals surface area contributed by atoms with E-state index in [1.807, 2.05) is 18.2 Å². The third kappa shape index (κ3) is 4.09. The highest BCUT2D eigenvalue weighted by Gasteiger charge is 2.48. The third-order valence-electron chi connectivity index (χ3n) is 7.27. The van der Waals surface area contributed by atoms with Crippen molar-refractivity contribution < 1.29 is 14.3 Å². The van der Waals surface area contributed by atoms with Gasteiger partial charge in [0.2, 0.25) is 0 Å². The van der Waals surface area contributed by atoms with Crippen molar-refractivity contribution >= 4 is 5.97 Å². The number of carbonyl (C=O) groups is 1. The molecule has 1 aliphatic heterocycles. The summed E-state index contributed by atoms with van der Waals surface area (Å²) < 4.78 is 11.4. The number of methoxy groups -OCH3 is 1. The van der Waals surface area contributed by atoms with Crippen LogP contribution in [0.4, 0.5) is 0 Å². The number of fused-ring (bicyclic) bond motifs is 1. The van der Waals surface area contributed by atoms with Crippen molar-refractivity contribution in [3.05, 3.63) is 76.6 Å². The number of likely N-dealkylation sites (N-methyl/N-ethyl adjacent to an activating group) is 1. The molecule has 1 aliphatic carbocycles. The fraction of sp³-hybridized carbons (Fsp3) is 0.464. The molecular weight excluding hydrogens is 398 g/mol. The van der Waals surface area contributed by atoms with Crippen LogP contribution in [0.5, 0.6) is 5.75 Å². The molecule has 0 amide bonds. The SMILES string of the molecule is COc1ccc(C23CCC(OC(=O)c4cccc(C(C)(C)C)c4)=CC2N(C)CC3)cc1C. The second kappa shape index (κ2) is 8.40. The molecule has 2 atom stereocenters. The standard InChI is InChI=1S/C28H35NO3/c1-19-16-22(10-11-24(19)31-6)28-13-12-23(18-25(28)29(5)15-14-28)32-26(30)20-8-7-9-21(17-20)27(2,3)4/h7-11,16-18,25H,12-15H2,1-6H3. The van der Waals surface area contributed by atoms with E-state index in [4.69, 9.17) is 9.47 Å². The van der Waals surface area contributed by atoms with Crippen LogP contribution in [0.1, 0.15) is 67.1 Å². The molecule has 0 spiro atoms. The molecule has 1 heterocycles. The predicted octanol–water partition coefficient (Wildman–Crippen LogP) is 5.78. The lowest BCUT2D eigenvalue weighted by Gasteiger charge is -2.40. The molecule has 2 aliphatic rings. The second-order valence-corrected chi connectivity index (χ2v) is 10.4. The lowest BCUT2D eigenvalue weighted by molar-refractivity contribution is 0.0593. The molecule has 0 radical (unpaired) electrons. The van der Waals surface area contributed by atoms with Crippen LogP contribution in [0.15, 0.2) is 54.3 Å². The summed E-state index contributed by atoms with van der Waals surface area (Å²) in [7, 11) is 3.88. The zero-order valence-corrected chi connectivity index (χ0v) is 20.2. The van der Waals surface area contributed by atoms with Gasteiger partial charge in [-0.15, -0.1) is 0 Å². The zero-order valence-electron chi connectivity index (χ0n) is 20.2. The molecule has 32 heavy (non-hydrogen) atoms. The maximum atomic E-state index is 12.9. The molecule has 4 rings (SSSR count). The first-order chi connectivity index (χ1) is 15.1. The first-order valence-electron chi connectivity index (χ1n) is 11.5. The van der Waals surface area contributed by atoms with Gasteiger partial charge in [0.1, 0.15) is 11.5 Å². The maximum absolute atomic E-state index is 12.9. The van der Waals surface area contributed by atoms with Gasteiger partial charge in [0.15, 0.2) is 0 Å². The minimum absolute atomic E-state index is 0.0109. The van der Waals surface area contributed by atoms with Crippen molar-refractivity contribution in [3.63, 3.8) is 0 Å². The van der Waals surface area contributed by atoms with Crippen molar-refractivity contribution in [2.75, 3.05) is 20.7 Å². The normalized spacial score (nSPS) is 23.4. The highest BCUT2D eigenvalue weighted by atomic mass is 16.5. The molecular formula is C28H35NO3. The average molecular weight is 434 g/mol. The number of ether oxygens (including phenoxy) is 2. The van der Waals surface area contributed by atoms with E-state index in [1.165, 1.54) is 5.56 Å². The number of hydrogen-bond acceptors (Lipinski definition) is 4. The number of allylic oxidation sites excluding steroid dienone is 1. The van der Waals surface area contributed by atoms with Gasteiger partial charge in [-0.3, -0.25) is 4.90 Å². The van der Waals surface area contributed by atoms with Crippen LogP contribution < -0.4 is 4.74 Å². The molecule has 2 unspecified atom stereocenters. The van der Waals surface area contributed by atoms with E-state index < -0.39 is 0 Å². The number of rotatable bonds is 4. The van der Waals surface area contributed by atoms with E-state index >= 15 is 0 Å². The number of carbonyl (C=O) groups excluding carboxylic acids is 1. The van der Waals surface area contributed by atoms with E-state index in [0.29, 0.717) is 5.56 Å². The molecule has 0 saturated carbocycles. The first-order valence-corrected chi connectivity index (χ1v) is 11.5. The number of benzene rings is 2. The Labute approximate surface area is 192 Å². The number of esters is 1. The molecule has 0 aromatic heterocycles. The van der Waals surface area contributed by atoms with E-state index in [2.05, 4.69) is 70.0 Å². The van der Waals surface area contributed by atoms with Gasteiger partial charge in [0, 0.05) is 17.9 Å². The molecule has 2 aromatic rings. The topological polar surface area (TPSA) is 38.8 Å². The largest absolute Gasteiger partial charge is 0.496 e. The van der Waals surface area contributed by atoms with E-state index in [9.17, 15) is 4.79 Å². The van der Waals surface area contributed by atoms with Gasteiger partial charge in [-0.1, -0.05) is 45.0 Å². The number of nitrogens with zero attached hydrogens (tertiary/aromatic N) is 1. The van der Waals surface area contributed by atoms with Crippen LogP contribution in [0.2, 0.25) is 0 Å². The highest BCUT2D eigenvalue weighted by Crippen LogP contribution is 2.48. The Morgan fingerprint density at radius 2 is 1.91 bits per heavy atom. The van der Waals surface area contributed by atoms with Crippen molar-refractivity contribution in [1.82, 2.24) is 4.90 Å². The number of hydrogen-bond donors (Lipinski definition) is 0. The van der Waals surface area contributed by atoms with Crippen molar-refractivity contribution in [2.45, 2.75) is 63.8 Å². The van der Waals surface area contributed by atoms with Gasteiger partial charge >= 0.3 is 5.97 Å². The van der Waals surface area contributed by atoms with Crippen LogP contribution in [-0.2, 0) is 15.6 Å². The summed E-state index contributed by atoms with van der Waals surface area (Å²) in [6.07, 6.45) is 5.02. The molecule has 170 valence electrons. The Morgan fingerprint density at radius 3 is 2.59 bits per heavy atom. The molecule has 2 aromatic carbocycles. The first kappa shape index (κ1) is 22.6. The Morgan fingerprint density at radius 1 is 1.12 bits per heavy atom. The minimum atomic E-state index is -0.268. The van der Waals surface area contributed by atoms with Crippen LogP contribution in [0.25, 0.3) is 0 Å². The minimum Gasteiger partial charge on any atom is -0.496 e. The third-order valence-corrected chi connectivity index (χ3v) is 7.27. The van der Waals surface area contributed by atoms with Gasteiger partial charge in [0.05, 0.1) is 12.7 Å². The van der Waals surface area contributed by atoms with Gasteiger partial charge in [0.25, 0.3) is 0 Å². The van der Waals surface area contributed by atoms with E-state index in [1.54, 1.807) is 7.11 Å². The molecule has 1 fully saturated rings. The summed E-state index contributed by atoms with van der Waals surface area (Å²) in [5, 5.41) is 0. The summed E-state index contributed by atoms with van der Waals surface area (Å²) in [4.78, 5) is 15.3. The smallest absolute Gasteiger partial charge is 0.343 e. The summed E-state index contributed by atoms with van der Waals surface area (Å²) in [6.45, 7) is 9.58.